The van der Waals surface area contributed by atoms with Crippen molar-refractivity contribution in [2.75, 3.05) is 11.9 Å². The fourth-order valence-electron chi connectivity index (χ4n) is 1.27. The van der Waals surface area contributed by atoms with Gasteiger partial charge in [-0.25, -0.2) is 4.98 Å². The minimum absolute atomic E-state index is 0.636. The molecule has 0 fully saturated rings. The summed E-state index contributed by atoms with van der Waals surface area (Å²) in [5, 5.41) is 3.78. The smallest absolute Gasteiger partial charge is 0.144 e. The monoisotopic (exact) mass is 222 g/mol. The summed E-state index contributed by atoms with van der Waals surface area (Å²) in [6.45, 7) is 0.754. The van der Waals surface area contributed by atoms with E-state index in [4.69, 9.17) is 16.0 Å². The molecule has 2 aromatic heterocycles. The van der Waals surface area contributed by atoms with E-state index in [-0.39, 0.29) is 0 Å². The number of nitrogens with zero attached hydrogens (tertiary/aromatic N) is 1. The molecular formula is C11H11ClN2O. The first-order valence-electron chi connectivity index (χ1n) is 4.73. The molecule has 1 N–H and O–H groups in total. The van der Waals surface area contributed by atoms with E-state index in [1.54, 1.807) is 18.5 Å². The maximum absolute atomic E-state index is 5.94. The molecule has 0 aliphatic heterocycles. The predicted molar refractivity (Wildman–Crippen MR) is 60.1 cm³/mol. The molecular weight excluding hydrogens is 212 g/mol. The van der Waals surface area contributed by atoms with Gasteiger partial charge in [0.2, 0.25) is 0 Å². The van der Waals surface area contributed by atoms with E-state index < -0.39 is 0 Å². The van der Waals surface area contributed by atoms with Crippen molar-refractivity contribution in [1.29, 1.82) is 0 Å². The van der Waals surface area contributed by atoms with Gasteiger partial charge in [0.15, 0.2) is 0 Å². The first-order chi connectivity index (χ1) is 7.36. The molecule has 0 unspecified atom stereocenters. The summed E-state index contributed by atoms with van der Waals surface area (Å²) in [6, 6.07) is 7.44. The number of aromatic nitrogens is 1. The number of pyridine rings is 1. The molecule has 0 saturated carbocycles. The standard InChI is InChI=1S/C11H11ClN2O/c12-10-4-1-6-13-11(10)14-7-5-9-3-2-8-15-9/h1-4,6,8H,5,7H2,(H,13,14). The van der Waals surface area contributed by atoms with Crippen LogP contribution in [0.3, 0.4) is 0 Å². The van der Waals surface area contributed by atoms with Gasteiger partial charge in [-0.2, -0.15) is 0 Å². The number of halogens is 1. The third kappa shape index (κ3) is 2.73. The summed E-state index contributed by atoms with van der Waals surface area (Å²) in [5.41, 5.74) is 0. The molecule has 0 aromatic carbocycles. The lowest BCUT2D eigenvalue weighted by Crippen LogP contribution is -2.05. The highest BCUT2D eigenvalue weighted by molar-refractivity contribution is 6.32. The normalized spacial score (nSPS) is 10.2. The predicted octanol–water partition coefficient (Wildman–Crippen LogP) is 2.98. The lowest BCUT2D eigenvalue weighted by Gasteiger charge is -2.05. The number of hydrogen-bond acceptors (Lipinski definition) is 3. The van der Waals surface area contributed by atoms with Crippen molar-refractivity contribution in [3.63, 3.8) is 0 Å². The quantitative estimate of drug-likeness (QED) is 0.864. The van der Waals surface area contributed by atoms with Gasteiger partial charge in [-0.15, -0.1) is 0 Å². The van der Waals surface area contributed by atoms with E-state index in [0.29, 0.717) is 10.8 Å². The number of rotatable bonds is 4. The highest BCUT2D eigenvalue weighted by Gasteiger charge is 2.00. The number of hydrogen-bond donors (Lipinski definition) is 1. The van der Waals surface area contributed by atoms with Gasteiger partial charge in [0, 0.05) is 19.2 Å². The van der Waals surface area contributed by atoms with Crippen LogP contribution in [0.25, 0.3) is 0 Å². The average molecular weight is 223 g/mol. The van der Waals surface area contributed by atoms with E-state index in [1.165, 1.54) is 0 Å². The van der Waals surface area contributed by atoms with E-state index in [0.717, 1.165) is 18.7 Å². The Morgan fingerprint density at radius 2 is 2.27 bits per heavy atom. The zero-order valence-corrected chi connectivity index (χ0v) is 8.87. The third-order valence-corrected chi connectivity index (χ3v) is 2.31. The SMILES string of the molecule is Clc1cccnc1NCCc1ccco1. The van der Waals surface area contributed by atoms with Gasteiger partial charge in [-0.1, -0.05) is 11.6 Å². The van der Waals surface area contributed by atoms with Crippen LogP contribution in [0.4, 0.5) is 5.82 Å². The fraction of sp³-hybridized carbons (Fsp3) is 0.182. The second kappa shape index (κ2) is 4.84. The molecule has 0 atom stereocenters. The number of anilines is 1. The molecule has 3 nitrogen and oxygen atoms in total. The number of furan rings is 1. The molecule has 0 amide bonds. The molecule has 0 bridgehead atoms. The van der Waals surface area contributed by atoms with Crippen LogP contribution in [0, 0.1) is 0 Å². The Kier molecular flexibility index (Phi) is 3.25. The van der Waals surface area contributed by atoms with Gasteiger partial charge < -0.3 is 9.73 Å². The lowest BCUT2D eigenvalue weighted by molar-refractivity contribution is 0.513. The van der Waals surface area contributed by atoms with Gasteiger partial charge in [-0.3, -0.25) is 0 Å². The molecule has 0 spiro atoms. The Morgan fingerprint density at radius 1 is 1.33 bits per heavy atom. The van der Waals surface area contributed by atoms with Crippen molar-refractivity contribution < 1.29 is 4.42 Å². The molecule has 15 heavy (non-hydrogen) atoms. The molecule has 4 heteroatoms. The van der Waals surface area contributed by atoms with Crippen LogP contribution in [0.5, 0.6) is 0 Å². The highest BCUT2D eigenvalue weighted by Crippen LogP contribution is 2.17. The topological polar surface area (TPSA) is 38.1 Å². The van der Waals surface area contributed by atoms with Crippen LogP contribution < -0.4 is 5.32 Å². The average Bonchev–Trinajstić information content (AvgIpc) is 2.74. The van der Waals surface area contributed by atoms with Gasteiger partial charge in [-0.05, 0) is 24.3 Å². The Morgan fingerprint density at radius 3 is 3.00 bits per heavy atom. The first-order valence-corrected chi connectivity index (χ1v) is 5.11. The number of nitrogens with one attached hydrogen (secondary N) is 1. The van der Waals surface area contributed by atoms with Crippen LogP contribution in [-0.2, 0) is 6.42 Å². The zero-order valence-electron chi connectivity index (χ0n) is 8.11. The van der Waals surface area contributed by atoms with Crippen molar-refractivity contribution >= 4 is 17.4 Å². The maximum Gasteiger partial charge on any atom is 0.144 e. The molecule has 0 aliphatic rings. The molecule has 78 valence electrons. The van der Waals surface area contributed by atoms with Crippen molar-refractivity contribution in [1.82, 2.24) is 4.98 Å². The van der Waals surface area contributed by atoms with Crippen LogP contribution in [0.1, 0.15) is 5.76 Å². The van der Waals surface area contributed by atoms with Crippen molar-refractivity contribution in [2.45, 2.75) is 6.42 Å². The van der Waals surface area contributed by atoms with Crippen LogP contribution in [0.15, 0.2) is 41.1 Å². The van der Waals surface area contributed by atoms with E-state index >= 15 is 0 Å². The maximum atomic E-state index is 5.94. The molecule has 2 heterocycles. The zero-order chi connectivity index (χ0) is 10.5. The minimum Gasteiger partial charge on any atom is -0.469 e. The summed E-state index contributed by atoms with van der Waals surface area (Å²) < 4.78 is 5.21. The summed E-state index contributed by atoms with van der Waals surface area (Å²) in [4.78, 5) is 4.12. The Hall–Kier alpha value is -1.48. The molecule has 0 saturated heterocycles. The van der Waals surface area contributed by atoms with Gasteiger partial charge in [0.05, 0.1) is 11.3 Å². The van der Waals surface area contributed by atoms with Crippen molar-refractivity contribution in [3.05, 3.63) is 47.5 Å². The highest BCUT2D eigenvalue weighted by atomic mass is 35.5. The van der Waals surface area contributed by atoms with Crippen LogP contribution in [0.2, 0.25) is 5.02 Å². The van der Waals surface area contributed by atoms with Crippen molar-refractivity contribution in [3.8, 4) is 0 Å². The van der Waals surface area contributed by atoms with Crippen molar-refractivity contribution in [2.24, 2.45) is 0 Å². The second-order valence-corrected chi connectivity index (χ2v) is 3.50. The Balaban J connectivity index is 1.86. The van der Waals surface area contributed by atoms with E-state index in [2.05, 4.69) is 10.3 Å². The van der Waals surface area contributed by atoms with Crippen LogP contribution >= 0.6 is 11.6 Å². The summed E-state index contributed by atoms with van der Waals surface area (Å²) >= 11 is 5.94. The third-order valence-electron chi connectivity index (χ3n) is 2.00. The summed E-state index contributed by atoms with van der Waals surface area (Å²) in [7, 11) is 0. The Bertz CT molecular complexity index is 414. The van der Waals surface area contributed by atoms with Gasteiger partial charge in [0.1, 0.15) is 11.6 Å². The molecule has 2 aromatic rings. The minimum atomic E-state index is 0.636. The summed E-state index contributed by atoms with van der Waals surface area (Å²) in [5.74, 6) is 1.67. The molecule has 0 aliphatic carbocycles. The molecule has 0 radical (unpaired) electrons. The molecule has 2 rings (SSSR count). The lowest BCUT2D eigenvalue weighted by atomic mass is 10.3. The van der Waals surface area contributed by atoms with Crippen LogP contribution in [-0.4, -0.2) is 11.5 Å². The van der Waals surface area contributed by atoms with Gasteiger partial charge >= 0.3 is 0 Å². The largest absolute Gasteiger partial charge is 0.469 e. The van der Waals surface area contributed by atoms with E-state index in [1.807, 2.05) is 18.2 Å². The van der Waals surface area contributed by atoms with Gasteiger partial charge in [0.25, 0.3) is 0 Å². The first kappa shape index (κ1) is 10.1. The Labute approximate surface area is 93.1 Å². The van der Waals surface area contributed by atoms with E-state index in [9.17, 15) is 0 Å². The summed E-state index contributed by atoms with van der Waals surface area (Å²) in [6.07, 6.45) is 4.20. The second-order valence-electron chi connectivity index (χ2n) is 3.09. The fourth-order valence-corrected chi connectivity index (χ4v) is 1.46.